The quantitative estimate of drug-likeness (QED) is 0.809. The van der Waals surface area contributed by atoms with Gasteiger partial charge >= 0.3 is 0 Å². The van der Waals surface area contributed by atoms with E-state index in [0.717, 1.165) is 23.4 Å². The number of hydrogen-bond acceptors (Lipinski definition) is 4. The van der Waals surface area contributed by atoms with E-state index in [2.05, 4.69) is 9.97 Å². The maximum absolute atomic E-state index is 6.14. The number of ether oxygens (including phenoxy) is 2. The van der Waals surface area contributed by atoms with Crippen molar-refractivity contribution in [1.29, 1.82) is 0 Å². The molecule has 0 atom stereocenters. The number of halogens is 1. The lowest BCUT2D eigenvalue weighted by molar-refractivity contribution is 0.108. The van der Waals surface area contributed by atoms with Gasteiger partial charge in [0.05, 0.1) is 18.9 Å². The SMILES string of the molecule is Clc1nc(COc2ccccc2)nc2c1COCC2. The first-order valence-electron chi connectivity index (χ1n) is 6.12. The highest BCUT2D eigenvalue weighted by Gasteiger charge is 2.17. The normalized spacial score (nSPS) is 13.9. The van der Waals surface area contributed by atoms with Crippen LogP contribution in [-0.4, -0.2) is 16.6 Å². The Morgan fingerprint density at radius 2 is 2.05 bits per heavy atom. The fourth-order valence-electron chi connectivity index (χ4n) is 1.97. The molecule has 2 aromatic rings. The van der Waals surface area contributed by atoms with E-state index in [1.165, 1.54) is 0 Å². The van der Waals surface area contributed by atoms with Crippen LogP contribution in [0.5, 0.6) is 5.75 Å². The number of para-hydroxylation sites is 1. The van der Waals surface area contributed by atoms with E-state index < -0.39 is 0 Å². The number of aromatic nitrogens is 2. The highest BCUT2D eigenvalue weighted by atomic mass is 35.5. The third-order valence-electron chi connectivity index (χ3n) is 2.93. The largest absolute Gasteiger partial charge is 0.486 e. The molecule has 0 aliphatic carbocycles. The van der Waals surface area contributed by atoms with Gasteiger partial charge in [0.1, 0.15) is 17.5 Å². The number of nitrogens with zero attached hydrogens (tertiary/aromatic N) is 2. The van der Waals surface area contributed by atoms with Crippen molar-refractivity contribution in [3.63, 3.8) is 0 Å². The first-order chi connectivity index (χ1) is 9.33. The van der Waals surface area contributed by atoms with Crippen LogP contribution >= 0.6 is 11.6 Å². The molecule has 0 spiro atoms. The predicted octanol–water partition coefficient (Wildman–Crippen LogP) is 2.78. The van der Waals surface area contributed by atoms with E-state index in [9.17, 15) is 0 Å². The first kappa shape index (κ1) is 12.4. The molecule has 0 radical (unpaired) electrons. The lowest BCUT2D eigenvalue weighted by Gasteiger charge is -2.17. The van der Waals surface area contributed by atoms with Crippen LogP contribution in [0.25, 0.3) is 0 Å². The molecule has 0 saturated heterocycles. The van der Waals surface area contributed by atoms with Crippen molar-refractivity contribution in [3.05, 3.63) is 52.6 Å². The minimum absolute atomic E-state index is 0.317. The van der Waals surface area contributed by atoms with Gasteiger partial charge in [0.2, 0.25) is 0 Å². The zero-order valence-corrected chi connectivity index (χ0v) is 11.1. The Labute approximate surface area is 116 Å². The molecule has 0 saturated carbocycles. The van der Waals surface area contributed by atoms with Gasteiger partial charge in [-0.1, -0.05) is 29.8 Å². The Morgan fingerprint density at radius 3 is 2.89 bits per heavy atom. The Balaban J connectivity index is 1.76. The van der Waals surface area contributed by atoms with E-state index in [0.29, 0.717) is 30.8 Å². The lowest BCUT2D eigenvalue weighted by Crippen LogP contribution is -2.16. The first-order valence-corrected chi connectivity index (χ1v) is 6.50. The minimum Gasteiger partial charge on any atom is -0.486 e. The van der Waals surface area contributed by atoms with Gasteiger partial charge in [-0.2, -0.15) is 0 Å². The molecule has 1 aliphatic rings. The van der Waals surface area contributed by atoms with Gasteiger partial charge in [0.25, 0.3) is 0 Å². The van der Waals surface area contributed by atoms with E-state index in [-0.39, 0.29) is 0 Å². The summed E-state index contributed by atoms with van der Waals surface area (Å²) in [6.07, 6.45) is 0.774. The summed E-state index contributed by atoms with van der Waals surface area (Å²) < 4.78 is 11.0. The van der Waals surface area contributed by atoms with Gasteiger partial charge in [-0.15, -0.1) is 0 Å². The van der Waals surface area contributed by atoms with Gasteiger partial charge in [-0.05, 0) is 12.1 Å². The second-order valence-electron chi connectivity index (χ2n) is 4.26. The standard InChI is InChI=1S/C14H13ClN2O2/c15-14-11-8-18-7-6-12(11)16-13(17-14)9-19-10-4-2-1-3-5-10/h1-5H,6-9H2. The van der Waals surface area contributed by atoms with Crippen LogP contribution in [0.15, 0.2) is 30.3 Å². The summed E-state index contributed by atoms with van der Waals surface area (Å²) in [4.78, 5) is 8.74. The molecule has 4 nitrogen and oxygen atoms in total. The molecular formula is C14H13ClN2O2. The molecule has 5 heteroatoms. The Bertz CT molecular complexity index is 575. The Morgan fingerprint density at radius 1 is 1.21 bits per heavy atom. The van der Waals surface area contributed by atoms with Crippen molar-refractivity contribution in [1.82, 2.24) is 9.97 Å². The summed E-state index contributed by atoms with van der Waals surface area (Å²) >= 11 is 6.14. The number of benzene rings is 1. The summed E-state index contributed by atoms with van der Waals surface area (Å²) in [6, 6.07) is 9.58. The molecule has 0 fully saturated rings. The van der Waals surface area contributed by atoms with Crippen molar-refractivity contribution in [2.75, 3.05) is 6.61 Å². The van der Waals surface area contributed by atoms with Gasteiger partial charge in [0.15, 0.2) is 5.82 Å². The molecule has 0 amide bonds. The zero-order valence-electron chi connectivity index (χ0n) is 10.3. The Hall–Kier alpha value is -1.65. The molecule has 3 rings (SSSR count). The number of hydrogen-bond donors (Lipinski definition) is 0. The molecule has 1 aliphatic heterocycles. The predicted molar refractivity (Wildman–Crippen MR) is 71.2 cm³/mol. The molecule has 0 unspecified atom stereocenters. The smallest absolute Gasteiger partial charge is 0.167 e. The molecule has 98 valence electrons. The van der Waals surface area contributed by atoms with Gasteiger partial charge in [-0.3, -0.25) is 0 Å². The second kappa shape index (κ2) is 5.55. The molecule has 1 aromatic heterocycles. The van der Waals surface area contributed by atoms with E-state index in [1.54, 1.807) is 0 Å². The molecular weight excluding hydrogens is 264 g/mol. The third kappa shape index (κ3) is 2.85. The van der Waals surface area contributed by atoms with Crippen molar-refractivity contribution in [3.8, 4) is 5.75 Å². The zero-order chi connectivity index (χ0) is 13.1. The second-order valence-corrected chi connectivity index (χ2v) is 4.62. The highest BCUT2D eigenvalue weighted by molar-refractivity contribution is 6.30. The fraction of sp³-hybridized carbons (Fsp3) is 0.286. The van der Waals surface area contributed by atoms with Crippen molar-refractivity contribution in [2.24, 2.45) is 0 Å². The van der Waals surface area contributed by atoms with Crippen molar-refractivity contribution >= 4 is 11.6 Å². The average molecular weight is 277 g/mol. The van der Waals surface area contributed by atoms with Gasteiger partial charge in [-0.25, -0.2) is 9.97 Å². The van der Waals surface area contributed by atoms with Gasteiger partial charge < -0.3 is 9.47 Å². The minimum atomic E-state index is 0.317. The van der Waals surface area contributed by atoms with Crippen LogP contribution in [0, 0.1) is 0 Å². The van der Waals surface area contributed by atoms with Crippen LogP contribution < -0.4 is 4.74 Å². The van der Waals surface area contributed by atoms with Gasteiger partial charge in [0, 0.05) is 12.0 Å². The highest BCUT2D eigenvalue weighted by Crippen LogP contribution is 2.22. The third-order valence-corrected chi connectivity index (χ3v) is 3.24. The van der Waals surface area contributed by atoms with Crippen LogP contribution in [0.2, 0.25) is 5.15 Å². The summed E-state index contributed by atoms with van der Waals surface area (Å²) in [5.74, 6) is 1.40. The number of rotatable bonds is 3. The van der Waals surface area contributed by atoms with E-state index in [1.807, 2.05) is 30.3 Å². The fourth-order valence-corrected chi connectivity index (χ4v) is 2.23. The van der Waals surface area contributed by atoms with E-state index in [4.69, 9.17) is 21.1 Å². The van der Waals surface area contributed by atoms with Crippen LogP contribution in [0.1, 0.15) is 17.1 Å². The van der Waals surface area contributed by atoms with Crippen LogP contribution in [0.3, 0.4) is 0 Å². The van der Waals surface area contributed by atoms with Crippen LogP contribution in [-0.2, 0) is 24.4 Å². The molecule has 1 aromatic carbocycles. The monoisotopic (exact) mass is 276 g/mol. The van der Waals surface area contributed by atoms with Crippen molar-refractivity contribution < 1.29 is 9.47 Å². The van der Waals surface area contributed by atoms with E-state index >= 15 is 0 Å². The maximum Gasteiger partial charge on any atom is 0.167 e. The lowest BCUT2D eigenvalue weighted by atomic mass is 10.1. The summed E-state index contributed by atoms with van der Waals surface area (Å²) in [5, 5.41) is 0.469. The van der Waals surface area contributed by atoms with Crippen LogP contribution in [0.4, 0.5) is 0 Å². The Kier molecular flexibility index (Phi) is 3.62. The molecule has 2 heterocycles. The molecule has 19 heavy (non-hydrogen) atoms. The summed E-state index contributed by atoms with van der Waals surface area (Å²) in [7, 11) is 0. The molecule has 0 N–H and O–H groups in total. The topological polar surface area (TPSA) is 44.2 Å². The summed E-state index contributed by atoms with van der Waals surface area (Å²) in [6.45, 7) is 1.49. The average Bonchev–Trinajstić information content (AvgIpc) is 2.46. The molecule has 0 bridgehead atoms. The number of fused-ring (bicyclic) bond motifs is 1. The maximum atomic E-state index is 6.14. The summed E-state index contributed by atoms with van der Waals surface area (Å²) in [5.41, 5.74) is 1.87. The van der Waals surface area contributed by atoms with Crippen molar-refractivity contribution in [2.45, 2.75) is 19.6 Å².